The summed E-state index contributed by atoms with van der Waals surface area (Å²) in [6.45, 7) is 6.86. The number of ether oxygens (including phenoxy) is 1. The summed E-state index contributed by atoms with van der Waals surface area (Å²) in [5.41, 5.74) is 0.268. The monoisotopic (exact) mass is 278 g/mol. The smallest absolute Gasteiger partial charge is 0.410 e. The molecule has 2 heterocycles. The molecular formula is C15H22N2O3. The third-order valence-electron chi connectivity index (χ3n) is 3.35. The molecule has 0 unspecified atom stereocenters. The number of likely N-dealkylation sites (tertiary alicyclic amines) is 1. The lowest BCUT2D eigenvalue weighted by Gasteiger charge is -2.33. The first-order chi connectivity index (χ1) is 9.37. The van der Waals surface area contributed by atoms with Crippen LogP contribution in [0.1, 0.15) is 45.2 Å². The fourth-order valence-electron chi connectivity index (χ4n) is 2.39. The number of hydrogen-bond acceptors (Lipinski definition) is 4. The van der Waals surface area contributed by atoms with Crippen LogP contribution < -0.4 is 0 Å². The molecule has 5 heteroatoms. The van der Waals surface area contributed by atoms with E-state index < -0.39 is 5.60 Å². The molecule has 5 nitrogen and oxygen atoms in total. The summed E-state index contributed by atoms with van der Waals surface area (Å²) < 4.78 is 5.36. The molecule has 1 aromatic rings. The molecule has 1 N–H and O–H groups in total. The van der Waals surface area contributed by atoms with E-state index in [1.54, 1.807) is 23.2 Å². The van der Waals surface area contributed by atoms with Gasteiger partial charge in [0, 0.05) is 25.2 Å². The van der Waals surface area contributed by atoms with E-state index in [1.165, 1.54) is 0 Å². The Balaban J connectivity index is 1.93. The maximum absolute atomic E-state index is 12.0. The number of nitrogens with zero attached hydrogens (tertiary/aromatic N) is 2. The van der Waals surface area contributed by atoms with Gasteiger partial charge in [-0.25, -0.2) is 4.79 Å². The number of hydrogen-bond donors (Lipinski definition) is 1. The zero-order chi connectivity index (χ0) is 14.8. The van der Waals surface area contributed by atoms with Crippen LogP contribution in [0.5, 0.6) is 5.75 Å². The maximum atomic E-state index is 12.0. The molecule has 1 fully saturated rings. The molecule has 0 aliphatic carbocycles. The average molecular weight is 278 g/mol. The van der Waals surface area contributed by atoms with Crippen LogP contribution in [0.25, 0.3) is 0 Å². The van der Waals surface area contributed by atoms with E-state index in [-0.39, 0.29) is 17.8 Å². The second kappa shape index (κ2) is 5.69. The molecule has 0 saturated carbocycles. The molecule has 0 aromatic carbocycles. The minimum atomic E-state index is -0.465. The van der Waals surface area contributed by atoms with Gasteiger partial charge in [-0.05, 0) is 45.7 Å². The third-order valence-corrected chi connectivity index (χ3v) is 3.35. The predicted octanol–water partition coefficient (Wildman–Crippen LogP) is 2.90. The van der Waals surface area contributed by atoms with Crippen molar-refractivity contribution in [2.24, 2.45) is 0 Å². The van der Waals surface area contributed by atoms with E-state index in [0.29, 0.717) is 13.1 Å². The molecular weight excluding hydrogens is 256 g/mol. The lowest BCUT2D eigenvalue weighted by molar-refractivity contribution is 0.0204. The van der Waals surface area contributed by atoms with Gasteiger partial charge in [-0.3, -0.25) is 4.98 Å². The highest BCUT2D eigenvalue weighted by Gasteiger charge is 2.28. The summed E-state index contributed by atoms with van der Waals surface area (Å²) in [5.74, 6) is 0.443. The Hall–Kier alpha value is -1.78. The molecule has 0 spiro atoms. The van der Waals surface area contributed by atoms with Crippen LogP contribution in [0.15, 0.2) is 18.3 Å². The van der Waals surface area contributed by atoms with Crippen molar-refractivity contribution in [3.8, 4) is 5.75 Å². The van der Waals surface area contributed by atoms with Gasteiger partial charge in [0.2, 0.25) is 0 Å². The van der Waals surface area contributed by atoms with Crippen LogP contribution in [0.3, 0.4) is 0 Å². The fourth-order valence-corrected chi connectivity index (χ4v) is 2.39. The van der Waals surface area contributed by atoms with Crippen LogP contribution in [-0.4, -0.2) is 39.8 Å². The number of carbonyl (C=O) groups excluding carboxylic acids is 1. The molecule has 1 amide bonds. The van der Waals surface area contributed by atoms with Crippen LogP contribution in [0, 0.1) is 0 Å². The zero-order valence-corrected chi connectivity index (χ0v) is 12.3. The first-order valence-electron chi connectivity index (χ1n) is 6.98. The van der Waals surface area contributed by atoms with Crippen molar-refractivity contribution in [2.45, 2.75) is 45.1 Å². The highest BCUT2D eigenvalue weighted by Crippen LogP contribution is 2.32. The van der Waals surface area contributed by atoms with Crippen molar-refractivity contribution >= 4 is 6.09 Å². The third kappa shape index (κ3) is 3.62. The van der Waals surface area contributed by atoms with Gasteiger partial charge in [0.05, 0.1) is 5.69 Å². The molecule has 1 aliphatic rings. The van der Waals surface area contributed by atoms with E-state index in [4.69, 9.17) is 4.74 Å². The van der Waals surface area contributed by atoms with Crippen LogP contribution in [0.4, 0.5) is 4.79 Å². The number of aromatic nitrogens is 1. The van der Waals surface area contributed by atoms with Gasteiger partial charge < -0.3 is 14.7 Å². The second-order valence-corrected chi connectivity index (χ2v) is 6.15. The SMILES string of the molecule is CC(C)(C)OC(=O)N1CCC(c2ncccc2O)CC1. The molecule has 110 valence electrons. The molecule has 2 rings (SSSR count). The Kier molecular flexibility index (Phi) is 4.16. The standard InChI is InChI=1S/C15H22N2O3/c1-15(2,3)20-14(19)17-9-6-11(7-10-17)13-12(18)5-4-8-16-13/h4-5,8,11,18H,6-7,9-10H2,1-3H3. The average Bonchev–Trinajstić information content (AvgIpc) is 2.37. The predicted molar refractivity (Wildman–Crippen MR) is 75.7 cm³/mol. The minimum absolute atomic E-state index is 0.204. The quantitative estimate of drug-likeness (QED) is 0.858. The molecule has 0 radical (unpaired) electrons. The normalized spacial score (nSPS) is 17.1. The zero-order valence-electron chi connectivity index (χ0n) is 12.3. The number of aromatic hydroxyl groups is 1. The van der Waals surface area contributed by atoms with Crippen LogP contribution in [-0.2, 0) is 4.74 Å². The summed E-state index contributed by atoms with van der Waals surface area (Å²) in [7, 11) is 0. The molecule has 1 aliphatic heterocycles. The van der Waals surface area contributed by atoms with Crippen molar-refractivity contribution in [1.29, 1.82) is 0 Å². The lowest BCUT2D eigenvalue weighted by atomic mass is 9.93. The van der Waals surface area contributed by atoms with E-state index >= 15 is 0 Å². The fraction of sp³-hybridized carbons (Fsp3) is 0.600. The van der Waals surface area contributed by atoms with Gasteiger partial charge in [-0.2, -0.15) is 0 Å². The van der Waals surface area contributed by atoms with Gasteiger partial charge in [0.1, 0.15) is 11.4 Å². The first kappa shape index (κ1) is 14.6. The van der Waals surface area contributed by atoms with E-state index in [1.807, 2.05) is 20.8 Å². The van der Waals surface area contributed by atoms with Gasteiger partial charge in [-0.15, -0.1) is 0 Å². The Morgan fingerprint density at radius 2 is 2.05 bits per heavy atom. The summed E-state index contributed by atoms with van der Waals surface area (Å²) in [4.78, 5) is 17.9. The largest absolute Gasteiger partial charge is 0.506 e. The van der Waals surface area contributed by atoms with Crippen molar-refractivity contribution in [3.63, 3.8) is 0 Å². The lowest BCUT2D eigenvalue weighted by Crippen LogP contribution is -2.41. The summed E-state index contributed by atoms with van der Waals surface area (Å²) in [6, 6.07) is 3.37. The summed E-state index contributed by atoms with van der Waals surface area (Å²) in [6.07, 6.45) is 3.02. The molecule has 20 heavy (non-hydrogen) atoms. The van der Waals surface area contributed by atoms with E-state index in [0.717, 1.165) is 18.5 Å². The minimum Gasteiger partial charge on any atom is -0.506 e. The topological polar surface area (TPSA) is 62.7 Å². The van der Waals surface area contributed by atoms with Gasteiger partial charge >= 0.3 is 6.09 Å². The second-order valence-electron chi connectivity index (χ2n) is 6.15. The van der Waals surface area contributed by atoms with Gasteiger partial charge in [-0.1, -0.05) is 0 Å². The van der Waals surface area contributed by atoms with Crippen molar-refractivity contribution in [3.05, 3.63) is 24.0 Å². The van der Waals surface area contributed by atoms with Crippen LogP contribution >= 0.6 is 0 Å². The Labute approximate surface area is 119 Å². The van der Waals surface area contributed by atoms with Gasteiger partial charge in [0.15, 0.2) is 0 Å². The number of amides is 1. The number of piperidine rings is 1. The number of carbonyl (C=O) groups is 1. The first-order valence-corrected chi connectivity index (χ1v) is 6.98. The molecule has 1 saturated heterocycles. The maximum Gasteiger partial charge on any atom is 0.410 e. The van der Waals surface area contributed by atoms with E-state index in [9.17, 15) is 9.90 Å². The Bertz CT molecular complexity index is 474. The Morgan fingerprint density at radius 1 is 1.40 bits per heavy atom. The molecule has 0 bridgehead atoms. The van der Waals surface area contributed by atoms with Crippen LogP contribution in [0.2, 0.25) is 0 Å². The number of pyridine rings is 1. The Morgan fingerprint density at radius 3 is 2.60 bits per heavy atom. The van der Waals surface area contributed by atoms with Crippen molar-refractivity contribution < 1.29 is 14.6 Å². The summed E-state index contributed by atoms with van der Waals surface area (Å²) in [5, 5.41) is 9.82. The van der Waals surface area contributed by atoms with E-state index in [2.05, 4.69) is 4.98 Å². The molecule has 1 aromatic heterocycles. The number of rotatable bonds is 1. The van der Waals surface area contributed by atoms with Gasteiger partial charge in [0.25, 0.3) is 0 Å². The highest BCUT2D eigenvalue weighted by atomic mass is 16.6. The van der Waals surface area contributed by atoms with Crippen molar-refractivity contribution in [2.75, 3.05) is 13.1 Å². The highest BCUT2D eigenvalue weighted by molar-refractivity contribution is 5.68. The molecule has 0 atom stereocenters. The van der Waals surface area contributed by atoms with Crippen molar-refractivity contribution in [1.82, 2.24) is 9.88 Å². The summed E-state index contributed by atoms with van der Waals surface area (Å²) >= 11 is 0.